The number of likely N-dealkylation sites (tertiary alicyclic amines) is 1. The van der Waals surface area contributed by atoms with Gasteiger partial charge in [0.25, 0.3) is 0 Å². The summed E-state index contributed by atoms with van der Waals surface area (Å²) in [5.41, 5.74) is 6.41. The second-order valence-electron chi connectivity index (χ2n) is 4.25. The second kappa shape index (κ2) is 4.63. The number of carbonyl (C=O) groups excluding carboxylic acids is 1. The van der Waals surface area contributed by atoms with Crippen LogP contribution >= 0.6 is 0 Å². The molecule has 3 N–H and O–H groups in total. The van der Waals surface area contributed by atoms with E-state index in [9.17, 15) is 4.79 Å². The first kappa shape index (κ1) is 11.1. The zero-order valence-electron chi connectivity index (χ0n) is 9.10. The van der Waals surface area contributed by atoms with Crippen LogP contribution in [0.5, 0.6) is 5.75 Å². The molecule has 0 radical (unpaired) electrons. The molecule has 1 aromatic rings. The number of carbonyl (C=O) groups is 1. The molecule has 0 aliphatic carbocycles. The Labute approximate surface area is 94.7 Å². The average molecular weight is 220 g/mol. The minimum Gasteiger partial charge on any atom is -0.508 e. The van der Waals surface area contributed by atoms with Crippen LogP contribution in [-0.4, -0.2) is 41.5 Å². The van der Waals surface area contributed by atoms with Gasteiger partial charge in [0.1, 0.15) is 5.75 Å². The topological polar surface area (TPSA) is 66.6 Å². The predicted molar refractivity (Wildman–Crippen MR) is 61.5 cm³/mol. The number of aromatic hydroxyl groups is 1. The maximum atomic E-state index is 11.9. The summed E-state index contributed by atoms with van der Waals surface area (Å²) in [4.78, 5) is 13.9. The van der Waals surface area contributed by atoms with E-state index in [1.165, 1.54) is 12.1 Å². The van der Waals surface area contributed by atoms with Crippen molar-refractivity contribution in [2.75, 3.05) is 19.6 Å². The van der Waals surface area contributed by atoms with E-state index in [-0.39, 0.29) is 17.6 Å². The van der Waals surface area contributed by atoms with Crippen LogP contribution in [0.15, 0.2) is 24.3 Å². The van der Waals surface area contributed by atoms with Crippen LogP contribution in [0, 0.1) is 0 Å². The number of rotatable bonds is 3. The van der Waals surface area contributed by atoms with Gasteiger partial charge in [-0.3, -0.25) is 9.69 Å². The fourth-order valence-corrected chi connectivity index (χ4v) is 1.95. The van der Waals surface area contributed by atoms with Crippen LogP contribution in [0.4, 0.5) is 0 Å². The summed E-state index contributed by atoms with van der Waals surface area (Å²) >= 11 is 0. The van der Waals surface area contributed by atoms with Crippen molar-refractivity contribution in [1.82, 2.24) is 4.90 Å². The van der Waals surface area contributed by atoms with Gasteiger partial charge in [-0.1, -0.05) is 0 Å². The number of phenolic OH excluding ortho intramolecular Hbond substituents is 1. The molecule has 1 aliphatic heterocycles. The molecule has 2 rings (SSSR count). The van der Waals surface area contributed by atoms with Crippen molar-refractivity contribution in [3.05, 3.63) is 29.8 Å². The molecule has 4 nitrogen and oxygen atoms in total. The molecular formula is C12H16N2O2. The van der Waals surface area contributed by atoms with Crippen LogP contribution in [0.1, 0.15) is 16.8 Å². The highest BCUT2D eigenvalue weighted by atomic mass is 16.3. The number of hydrogen-bond acceptors (Lipinski definition) is 4. The van der Waals surface area contributed by atoms with Gasteiger partial charge in [0.15, 0.2) is 5.78 Å². The first-order valence-corrected chi connectivity index (χ1v) is 5.45. The van der Waals surface area contributed by atoms with Crippen molar-refractivity contribution in [3.63, 3.8) is 0 Å². The average Bonchev–Trinajstić information content (AvgIpc) is 2.65. The molecule has 0 saturated carbocycles. The molecule has 16 heavy (non-hydrogen) atoms. The normalized spacial score (nSPS) is 21.2. The Kier molecular flexibility index (Phi) is 3.22. The van der Waals surface area contributed by atoms with Crippen LogP contribution in [0.3, 0.4) is 0 Å². The molecule has 4 heteroatoms. The zero-order chi connectivity index (χ0) is 11.5. The van der Waals surface area contributed by atoms with E-state index in [4.69, 9.17) is 10.8 Å². The highest BCUT2D eigenvalue weighted by Gasteiger charge is 2.21. The van der Waals surface area contributed by atoms with Crippen molar-refractivity contribution in [2.24, 2.45) is 5.73 Å². The number of Topliss-reactive ketones (excluding diaryl/α,β-unsaturated/α-hetero) is 1. The Morgan fingerprint density at radius 2 is 2.12 bits per heavy atom. The van der Waals surface area contributed by atoms with E-state index in [1.807, 2.05) is 0 Å². The van der Waals surface area contributed by atoms with Crippen molar-refractivity contribution in [3.8, 4) is 5.75 Å². The molecule has 0 spiro atoms. The van der Waals surface area contributed by atoms with Crippen molar-refractivity contribution >= 4 is 5.78 Å². The lowest BCUT2D eigenvalue weighted by molar-refractivity contribution is 0.0945. The molecule has 1 aromatic carbocycles. The van der Waals surface area contributed by atoms with E-state index in [2.05, 4.69) is 4.90 Å². The van der Waals surface area contributed by atoms with Crippen molar-refractivity contribution in [2.45, 2.75) is 12.5 Å². The fourth-order valence-electron chi connectivity index (χ4n) is 1.95. The van der Waals surface area contributed by atoms with Crippen LogP contribution in [0.25, 0.3) is 0 Å². The summed E-state index contributed by atoms with van der Waals surface area (Å²) in [6.45, 7) is 2.10. The van der Waals surface area contributed by atoms with E-state index in [1.54, 1.807) is 12.1 Å². The van der Waals surface area contributed by atoms with Crippen molar-refractivity contribution < 1.29 is 9.90 Å². The standard InChI is InChI=1S/C12H16N2O2/c13-10-5-6-14(7-10)8-12(16)9-1-3-11(15)4-2-9/h1-4,10,15H,5-8,13H2. The van der Waals surface area contributed by atoms with Gasteiger partial charge in [-0.25, -0.2) is 0 Å². The zero-order valence-corrected chi connectivity index (χ0v) is 9.10. The first-order valence-electron chi connectivity index (χ1n) is 5.45. The van der Waals surface area contributed by atoms with Gasteiger partial charge in [-0.2, -0.15) is 0 Å². The van der Waals surface area contributed by atoms with Gasteiger partial charge >= 0.3 is 0 Å². The summed E-state index contributed by atoms with van der Waals surface area (Å²) in [7, 11) is 0. The molecule has 1 unspecified atom stereocenters. The number of nitrogens with zero attached hydrogens (tertiary/aromatic N) is 1. The SMILES string of the molecule is NC1CCN(CC(=O)c2ccc(O)cc2)C1. The predicted octanol–water partition coefficient (Wildman–Crippen LogP) is 0.608. The number of nitrogens with two attached hydrogens (primary N) is 1. The summed E-state index contributed by atoms with van der Waals surface area (Å²) < 4.78 is 0. The third kappa shape index (κ3) is 2.59. The summed E-state index contributed by atoms with van der Waals surface area (Å²) in [6.07, 6.45) is 0.961. The van der Waals surface area contributed by atoms with Gasteiger partial charge in [0.2, 0.25) is 0 Å². The molecule has 86 valence electrons. The van der Waals surface area contributed by atoms with Gasteiger partial charge in [0.05, 0.1) is 6.54 Å². The Morgan fingerprint density at radius 3 is 2.69 bits per heavy atom. The molecule has 1 fully saturated rings. The Balaban J connectivity index is 1.95. The Bertz CT molecular complexity index is 375. The van der Waals surface area contributed by atoms with E-state index in [0.717, 1.165) is 19.5 Å². The van der Waals surface area contributed by atoms with Gasteiger partial charge in [0, 0.05) is 24.7 Å². The van der Waals surface area contributed by atoms with Crippen LogP contribution < -0.4 is 5.73 Å². The third-order valence-electron chi connectivity index (χ3n) is 2.87. The number of ketones is 1. The third-order valence-corrected chi connectivity index (χ3v) is 2.87. The highest BCUT2D eigenvalue weighted by molar-refractivity contribution is 5.97. The maximum absolute atomic E-state index is 11.9. The molecule has 0 bridgehead atoms. The lowest BCUT2D eigenvalue weighted by atomic mass is 10.1. The van der Waals surface area contributed by atoms with E-state index < -0.39 is 0 Å². The molecule has 0 aromatic heterocycles. The number of phenols is 1. The summed E-state index contributed by atoms with van der Waals surface area (Å²) in [6, 6.07) is 6.56. The molecular weight excluding hydrogens is 204 g/mol. The van der Waals surface area contributed by atoms with Gasteiger partial charge in [-0.05, 0) is 30.7 Å². The Hall–Kier alpha value is -1.39. The quantitative estimate of drug-likeness (QED) is 0.732. The van der Waals surface area contributed by atoms with Gasteiger partial charge in [-0.15, -0.1) is 0 Å². The molecule has 1 heterocycles. The monoisotopic (exact) mass is 220 g/mol. The minimum absolute atomic E-state index is 0.0779. The molecule has 1 aliphatic rings. The molecule has 1 saturated heterocycles. The summed E-state index contributed by atoms with van der Waals surface area (Å²) in [5.74, 6) is 0.258. The lowest BCUT2D eigenvalue weighted by Crippen LogP contribution is -2.30. The molecule has 1 atom stereocenters. The highest BCUT2D eigenvalue weighted by Crippen LogP contribution is 2.12. The first-order chi connectivity index (χ1) is 7.65. The van der Waals surface area contributed by atoms with Gasteiger partial charge < -0.3 is 10.8 Å². The maximum Gasteiger partial charge on any atom is 0.176 e. The lowest BCUT2D eigenvalue weighted by Gasteiger charge is -2.13. The van der Waals surface area contributed by atoms with E-state index >= 15 is 0 Å². The fraction of sp³-hybridized carbons (Fsp3) is 0.417. The number of hydrogen-bond donors (Lipinski definition) is 2. The Morgan fingerprint density at radius 1 is 1.44 bits per heavy atom. The van der Waals surface area contributed by atoms with Crippen LogP contribution in [0.2, 0.25) is 0 Å². The van der Waals surface area contributed by atoms with Crippen LogP contribution in [-0.2, 0) is 0 Å². The van der Waals surface area contributed by atoms with E-state index in [0.29, 0.717) is 12.1 Å². The molecule has 0 amide bonds. The number of benzene rings is 1. The smallest absolute Gasteiger partial charge is 0.176 e. The second-order valence-corrected chi connectivity index (χ2v) is 4.25. The minimum atomic E-state index is 0.0779. The van der Waals surface area contributed by atoms with Crippen molar-refractivity contribution in [1.29, 1.82) is 0 Å². The summed E-state index contributed by atoms with van der Waals surface area (Å²) in [5, 5.41) is 9.12. The largest absolute Gasteiger partial charge is 0.508 e.